The number of aliphatic hydroxyl groups is 1. The predicted molar refractivity (Wildman–Crippen MR) is 74.1 cm³/mol. The largest absolute Gasteiger partial charge is 0.395 e. The molecule has 0 aliphatic heterocycles. The summed E-state index contributed by atoms with van der Waals surface area (Å²) >= 11 is 0. The molecule has 0 aromatic heterocycles. The first-order chi connectivity index (χ1) is 9.25. The van der Waals surface area contributed by atoms with Gasteiger partial charge in [-0.3, -0.25) is 10.1 Å². The summed E-state index contributed by atoms with van der Waals surface area (Å²) in [4.78, 5) is 10.0. The van der Waals surface area contributed by atoms with Crippen LogP contribution in [0.1, 0.15) is 6.92 Å². The number of nitrogens with one attached hydrogen (secondary N) is 1. The minimum Gasteiger partial charge on any atom is -0.395 e. The van der Waals surface area contributed by atoms with Crippen molar-refractivity contribution in [3.8, 4) is 0 Å². The van der Waals surface area contributed by atoms with Crippen LogP contribution in [0.4, 0.5) is 11.4 Å². The Balaban J connectivity index is 3.35. The first kappa shape index (κ1) is 16.3. The van der Waals surface area contributed by atoms with E-state index in [-0.39, 0.29) is 22.9 Å². The van der Waals surface area contributed by atoms with Crippen molar-refractivity contribution in [1.29, 1.82) is 0 Å². The van der Waals surface area contributed by atoms with Crippen LogP contribution >= 0.6 is 0 Å². The molecule has 20 heavy (non-hydrogen) atoms. The van der Waals surface area contributed by atoms with Gasteiger partial charge < -0.3 is 10.4 Å². The smallest absolute Gasteiger partial charge is 0.271 e. The van der Waals surface area contributed by atoms with Crippen molar-refractivity contribution in [3.63, 3.8) is 0 Å². The molecule has 1 unspecified atom stereocenters. The molecule has 1 rings (SSSR count). The Hall–Kier alpha value is -1.71. The van der Waals surface area contributed by atoms with Gasteiger partial charge in [0.25, 0.3) is 5.69 Å². The van der Waals surface area contributed by atoms with Crippen molar-refractivity contribution in [2.24, 2.45) is 0 Å². The summed E-state index contributed by atoms with van der Waals surface area (Å²) in [5.74, 6) is 0. The Bertz CT molecular complexity index is 602. The highest BCUT2D eigenvalue weighted by atomic mass is 32.2. The van der Waals surface area contributed by atoms with Crippen molar-refractivity contribution in [2.45, 2.75) is 17.9 Å². The quantitative estimate of drug-likeness (QED) is 0.589. The third kappa shape index (κ3) is 3.06. The average molecular weight is 303 g/mol. The van der Waals surface area contributed by atoms with Crippen LogP contribution in [0.15, 0.2) is 23.1 Å². The lowest BCUT2D eigenvalue weighted by Gasteiger charge is -2.23. The monoisotopic (exact) mass is 303 g/mol. The van der Waals surface area contributed by atoms with Crippen LogP contribution in [-0.4, -0.2) is 49.5 Å². The van der Waals surface area contributed by atoms with Gasteiger partial charge in [0.1, 0.15) is 4.90 Å². The molecule has 112 valence electrons. The highest BCUT2D eigenvalue weighted by Crippen LogP contribution is 2.28. The van der Waals surface area contributed by atoms with E-state index in [2.05, 4.69) is 5.32 Å². The van der Waals surface area contributed by atoms with Gasteiger partial charge in [0.15, 0.2) is 0 Å². The zero-order valence-electron chi connectivity index (χ0n) is 11.4. The summed E-state index contributed by atoms with van der Waals surface area (Å²) < 4.78 is 25.8. The van der Waals surface area contributed by atoms with E-state index in [9.17, 15) is 18.5 Å². The normalized spacial score (nSPS) is 13.2. The Labute approximate surface area is 117 Å². The summed E-state index contributed by atoms with van der Waals surface area (Å²) in [5.41, 5.74) is -0.0673. The fourth-order valence-electron chi connectivity index (χ4n) is 1.56. The third-order valence-corrected chi connectivity index (χ3v) is 5.02. The summed E-state index contributed by atoms with van der Waals surface area (Å²) in [6.07, 6.45) is 0. The van der Waals surface area contributed by atoms with Crippen molar-refractivity contribution < 1.29 is 18.4 Å². The van der Waals surface area contributed by atoms with Gasteiger partial charge in [-0.1, -0.05) is 0 Å². The number of non-ortho nitro benzene ring substituents is 1. The Morgan fingerprint density at radius 3 is 2.55 bits per heavy atom. The van der Waals surface area contributed by atoms with Crippen molar-refractivity contribution >= 4 is 21.4 Å². The molecule has 9 heteroatoms. The van der Waals surface area contributed by atoms with Gasteiger partial charge in [0.2, 0.25) is 10.0 Å². The van der Waals surface area contributed by atoms with E-state index in [0.29, 0.717) is 0 Å². The lowest BCUT2D eigenvalue weighted by Crippen LogP contribution is -2.37. The van der Waals surface area contributed by atoms with Gasteiger partial charge in [-0.15, -0.1) is 0 Å². The maximum Gasteiger partial charge on any atom is 0.271 e. The van der Waals surface area contributed by atoms with Gasteiger partial charge in [-0.05, 0) is 13.0 Å². The molecule has 0 aliphatic carbocycles. The van der Waals surface area contributed by atoms with Crippen LogP contribution in [0.3, 0.4) is 0 Å². The standard InChI is InChI=1S/C11H17N3O5S/c1-8(7-15)13(3)20(18,19)11-5-4-9(14(16)17)6-10(11)12-2/h4-6,8,12,15H,7H2,1-3H3. The number of anilines is 1. The van der Waals surface area contributed by atoms with Crippen molar-refractivity contribution in [3.05, 3.63) is 28.3 Å². The van der Waals surface area contributed by atoms with Gasteiger partial charge in [-0.2, -0.15) is 4.31 Å². The maximum atomic E-state index is 12.4. The molecular weight excluding hydrogens is 286 g/mol. The molecule has 0 saturated heterocycles. The molecule has 1 atom stereocenters. The van der Waals surface area contributed by atoms with Crippen LogP contribution < -0.4 is 5.32 Å². The van der Waals surface area contributed by atoms with Gasteiger partial charge in [0, 0.05) is 32.3 Å². The van der Waals surface area contributed by atoms with Gasteiger partial charge in [0.05, 0.1) is 17.2 Å². The Morgan fingerprint density at radius 2 is 2.10 bits per heavy atom. The lowest BCUT2D eigenvalue weighted by atomic mass is 10.3. The zero-order chi connectivity index (χ0) is 15.5. The number of hydrogen-bond acceptors (Lipinski definition) is 6. The van der Waals surface area contributed by atoms with Crippen LogP contribution in [0, 0.1) is 10.1 Å². The Kier molecular flexibility index (Phi) is 5.03. The number of aliphatic hydroxyl groups excluding tert-OH is 1. The van der Waals surface area contributed by atoms with E-state index in [4.69, 9.17) is 5.11 Å². The number of nitrogens with zero attached hydrogens (tertiary/aromatic N) is 2. The molecule has 8 nitrogen and oxygen atoms in total. The molecule has 0 bridgehead atoms. The Morgan fingerprint density at radius 1 is 1.50 bits per heavy atom. The zero-order valence-corrected chi connectivity index (χ0v) is 12.2. The number of sulfonamides is 1. The molecule has 0 fully saturated rings. The van der Waals surface area contributed by atoms with E-state index in [1.807, 2.05) is 0 Å². The molecule has 0 heterocycles. The molecule has 0 spiro atoms. The highest BCUT2D eigenvalue weighted by Gasteiger charge is 2.28. The molecule has 0 radical (unpaired) electrons. The first-order valence-electron chi connectivity index (χ1n) is 5.80. The van der Waals surface area contributed by atoms with Gasteiger partial charge >= 0.3 is 0 Å². The van der Waals surface area contributed by atoms with Crippen LogP contribution in [-0.2, 0) is 10.0 Å². The highest BCUT2D eigenvalue weighted by molar-refractivity contribution is 7.89. The van der Waals surface area contributed by atoms with Crippen LogP contribution in [0.25, 0.3) is 0 Å². The van der Waals surface area contributed by atoms with Gasteiger partial charge in [-0.25, -0.2) is 8.42 Å². The second-order valence-corrected chi connectivity index (χ2v) is 6.21. The second kappa shape index (κ2) is 6.16. The third-order valence-electron chi connectivity index (χ3n) is 2.99. The minimum absolute atomic E-state index is 0.0756. The average Bonchev–Trinajstić information content (AvgIpc) is 2.44. The molecule has 2 N–H and O–H groups in total. The number of benzene rings is 1. The number of likely N-dealkylation sites (N-methyl/N-ethyl adjacent to an activating group) is 1. The number of hydrogen-bond donors (Lipinski definition) is 2. The molecular formula is C11H17N3O5S. The number of nitro groups is 1. The maximum absolute atomic E-state index is 12.4. The molecule has 1 aromatic carbocycles. The number of nitro benzene ring substituents is 1. The second-order valence-electron chi connectivity index (χ2n) is 4.24. The van der Waals surface area contributed by atoms with Crippen molar-refractivity contribution in [1.82, 2.24) is 4.31 Å². The lowest BCUT2D eigenvalue weighted by molar-refractivity contribution is -0.384. The summed E-state index contributed by atoms with van der Waals surface area (Å²) in [6.45, 7) is 1.24. The fraction of sp³-hybridized carbons (Fsp3) is 0.455. The van der Waals surface area contributed by atoms with E-state index in [1.54, 1.807) is 6.92 Å². The van der Waals surface area contributed by atoms with E-state index >= 15 is 0 Å². The van der Waals surface area contributed by atoms with E-state index in [0.717, 1.165) is 16.4 Å². The van der Waals surface area contributed by atoms with E-state index < -0.39 is 21.0 Å². The summed E-state index contributed by atoms with van der Waals surface area (Å²) in [5, 5.41) is 22.4. The molecule has 0 aliphatic rings. The van der Waals surface area contributed by atoms with E-state index in [1.165, 1.54) is 20.2 Å². The molecule has 0 saturated carbocycles. The van der Waals surface area contributed by atoms with Crippen LogP contribution in [0.5, 0.6) is 0 Å². The summed E-state index contributed by atoms with van der Waals surface area (Å²) in [6, 6.07) is 2.87. The minimum atomic E-state index is -3.85. The number of rotatable bonds is 6. The molecule has 1 aromatic rings. The topological polar surface area (TPSA) is 113 Å². The molecule has 0 amide bonds. The SMILES string of the molecule is CNc1cc([N+](=O)[O-])ccc1S(=O)(=O)N(C)C(C)CO. The predicted octanol–water partition coefficient (Wildman–Crippen LogP) is 0.638. The fourth-order valence-corrected chi connectivity index (χ4v) is 3.09. The summed E-state index contributed by atoms with van der Waals surface area (Å²) in [7, 11) is -1.02. The first-order valence-corrected chi connectivity index (χ1v) is 7.24. The van der Waals surface area contributed by atoms with Crippen molar-refractivity contribution in [2.75, 3.05) is 26.0 Å². The van der Waals surface area contributed by atoms with Crippen LogP contribution in [0.2, 0.25) is 0 Å².